The van der Waals surface area contributed by atoms with Gasteiger partial charge in [-0.25, -0.2) is 0 Å². The fourth-order valence-corrected chi connectivity index (χ4v) is 12.6. The van der Waals surface area contributed by atoms with Gasteiger partial charge in [-0.15, -0.1) is 0 Å². The largest absolute Gasteiger partial charge is 0.388 e. The van der Waals surface area contributed by atoms with Crippen molar-refractivity contribution in [2.24, 2.45) is 23.2 Å². The normalized spacial score (nSPS) is 48.5. The first-order valence-corrected chi connectivity index (χ1v) is 17.2. The number of epoxide rings is 1. The van der Waals surface area contributed by atoms with E-state index in [0.717, 1.165) is 42.3 Å². The Bertz CT molecular complexity index is 1690. The van der Waals surface area contributed by atoms with E-state index in [4.69, 9.17) is 14.2 Å². The van der Waals surface area contributed by atoms with E-state index in [9.17, 15) is 20.1 Å². The first kappa shape index (κ1) is 29.3. The molecule has 4 unspecified atom stereocenters. The van der Waals surface area contributed by atoms with E-state index in [-0.39, 0.29) is 23.0 Å². The summed E-state index contributed by atoms with van der Waals surface area (Å²) >= 11 is 0. The number of ketones is 1. The highest BCUT2D eigenvalue weighted by molar-refractivity contribution is 6.06. The minimum Gasteiger partial charge on any atom is -0.388 e. The number of aromatic amines is 1. The van der Waals surface area contributed by atoms with E-state index in [0.29, 0.717) is 18.8 Å². The van der Waals surface area contributed by atoms with Crippen LogP contribution in [0.2, 0.25) is 0 Å². The Morgan fingerprint density at radius 2 is 1.71 bits per heavy atom. The van der Waals surface area contributed by atoms with Crippen LogP contribution < -0.4 is 0 Å². The lowest BCUT2D eigenvalue weighted by molar-refractivity contribution is -0.280. The van der Waals surface area contributed by atoms with Crippen LogP contribution >= 0.6 is 0 Å². The maximum absolute atomic E-state index is 14.2. The van der Waals surface area contributed by atoms with Crippen LogP contribution in [-0.2, 0) is 32.5 Å². The van der Waals surface area contributed by atoms with Crippen LogP contribution in [0.3, 0.4) is 0 Å². The summed E-state index contributed by atoms with van der Waals surface area (Å²) in [6.45, 7) is 16.3. The average Bonchev–Trinajstić information content (AvgIpc) is 3.44. The summed E-state index contributed by atoms with van der Waals surface area (Å²) in [6.07, 6.45) is 1.78. The van der Waals surface area contributed by atoms with Crippen molar-refractivity contribution in [3.63, 3.8) is 0 Å². The quantitative estimate of drug-likeness (QED) is 0.346. The zero-order valence-corrected chi connectivity index (χ0v) is 27.9. The molecule has 4 heterocycles. The third-order valence-electron chi connectivity index (χ3n) is 14.8. The number of benzene rings is 1. The maximum atomic E-state index is 14.2. The molecular weight excluding hydrogens is 570 g/mol. The number of carbonyl (C=O) groups excluding carboxylic acids is 1. The van der Waals surface area contributed by atoms with Crippen LogP contribution in [0.25, 0.3) is 10.9 Å². The average molecular weight is 620 g/mol. The Morgan fingerprint density at radius 3 is 2.42 bits per heavy atom. The second-order valence-corrected chi connectivity index (χ2v) is 17.8. The van der Waals surface area contributed by atoms with Gasteiger partial charge in [0.05, 0.1) is 28.8 Å². The molecule has 244 valence electrons. The summed E-state index contributed by atoms with van der Waals surface area (Å²) in [7, 11) is 0. The van der Waals surface area contributed by atoms with Gasteiger partial charge >= 0.3 is 0 Å². The summed E-state index contributed by atoms with van der Waals surface area (Å²) in [6, 6.07) is 4.11. The Morgan fingerprint density at radius 1 is 0.978 bits per heavy atom. The fraction of sp³-hybridized carbons (Fsp3) is 0.757. The second kappa shape index (κ2) is 8.07. The number of carbonyl (C=O) groups is 1. The summed E-state index contributed by atoms with van der Waals surface area (Å²) in [5.74, 6) is 0.467. The van der Waals surface area contributed by atoms with Crippen LogP contribution in [-0.4, -0.2) is 78.5 Å². The molecule has 1 spiro atoms. The Balaban J connectivity index is 1.17. The van der Waals surface area contributed by atoms with Crippen LogP contribution in [0.4, 0.5) is 0 Å². The smallest absolute Gasteiger partial charge is 0.169 e. The van der Waals surface area contributed by atoms with Crippen molar-refractivity contribution < 1.29 is 34.3 Å². The molecule has 1 aromatic carbocycles. The molecule has 0 bridgehead atoms. The molecule has 4 N–H and O–H groups in total. The van der Waals surface area contributed by atoms with Crippen LogP contribution in [0.15, 0.2) is 12.1 Å². The van der Waals surface area contributed by atoms with Gasteiger partial charge in [-0.2, -0.15) is 0 Å². The van der Waals surface area contributed by atoms with E-state index < -0.39 is 57.8 Å². The lowest BCUT2D eigenvalue weighted by atomic mass is 9.40. The predicted octanol–water partition coefficient (Wildman–Crippen LogP) is 4.52. The van der Waals surface area contributed by atoms with E-state index in [2.05, 4.69) is 52.6 Å². The number of ether oxygens (including phenoxy) is 3. The summed E-state index contributed by atoms with van der Waals surface area (Å²) in [5, 5.41) is 36.4. The Hall–Kier alpha value is -1.81. The summed E-state index contributed by atoms with van der Waals surface area (Å²) in [5.41, 5.74) is 0.255. The van der Waals surface area contributed by atoms with Gasteiger partial charge in [0.15, 0.2) is 11.4 Å². The Labute approximate surface area is 265 Å². The molecule has 9 rings (SSSR count). The zero-order valence-electron chi connectivity index (χ0n) is 27.9. The van der Waals surface area contributed by atoms with Crippen molar-refractivity contribution in [2.75, 3.05) is 0 Å². The van der Waals surface area contributed by atoms with Gasteiger partial charge in [-0.3, -0.25) is 4.79 Å². The number of Topliss-reactive ketones (excluding diaryl/α,β-unsaturated/α-hetero) is 1. The van der Waals surface area contributed by atoms with Crippen molar-refractivity contribution >= 4 is 16.7 Å². The first-order valence-electron chi connectivity index (χ1n) is 17.2. The number of fused-ring (bicyclic) bond motifs is 10. The lowest BCUT2D eigenvalue weighted by Crippen LogP contribution is -2.76. The van der Waals surface area contributed by atoms with Gasteiger partial charge in [0.2, 0.25) is 0 Å². The van der Waals surface area contributed by atoms with E-state index >= 15 is 0 Å². The number of hydrogen-bond acceptors (Lipinski definition) is 7. The highest BCUT2D eigenvalue weighted by Crippen LogP contribution is 2.75. The molecule has 2 aromatic rings. The lowest BCUT2D eigenvalue weighted by Gasteiger charge is -2.66. The molecule has 8 nitrogen and oxygen atoms in total. The monoisotopic (exact) mass is 619 g/mol. The van der Waals surface area contributed by atoms with E-state index in [1.165, 1.54) is 16.6 Å². The molecule has 11 atom stereocenters. The van der Waals surface area contributed by atoms with Gasteiger partial charge in [0, 0.05) is 38.9 Å². The number of aliphatic hydroxyl groups excluding tert-OH is 1. The molecule has 45 heavy (non-hydrogen) atoms. The van der Waals surface area contributed by atoms with Crippen molar-refractivity contribution in [3.8, 4) is 0 Å². The molecule has 4 aliphatic carbocycles. The third-order valence-corrected chi connectivity index (χ3v) is 14.8. The molecule has 8 heteroatoms. The highest BCUT2D eigenvalue weighted by atomic mass is 16.7. The predicted molar refractivity (Wildman–Crippen MR) is 167 cm³/mol. The number of rotatable bonds is 1. The minimum atomic E-state index is -1.23. The highest BCUT2D eigenvalue weighted by Gasteiger charge is 2.86. The molecule has 0 radical (unpaired) electrons. The van der Waals surface area contributed by atoms with E-state index in [1.807, 2.05) is 6.07 Å². The van der Waals surface area contributed by atoms with Gasteiger partial charge in [0.25, 0.3) is 0 Å². The number of H-pyrrole nitrogens is 1. The molecule has 3 saturated heterocycles. The molecule has 2 saturated carbocycles. The van der Waals surface area contributed by atoms with Crippen LogP contribution in [0, 0.1) is 23.2 Å². The van der Waals surface area contributed by atoms with Gasteiger partial charge in [-0.05, 0) is 109 Å². The number of nitrogens with one attached hydrogen (secondary N) is 1. The second-order valence-electron chi connectivity index (χ2n) is 17.8. The van der Waals surface area contributed by atoms with Crippen molar-refractivity contribution in [1.29, 1.82) is 0 Å². The van der Waals surface area contributed by atoms with Crippen molar-refractivity contribution in [3.05, 3.63) is 34.5 Å². The number of aromatic nitrogens is 1. The van der Waals surface area contributed by atoms with Gasteiger partial charge < -0.3 is 34.5 Å². The topological polar surface area (TPSA) is 125 Å². The molecule has 3 aliphatic heterocycles. The molecule has 7 aliphatic rings. The number of hydrogen-bond donors (Lipinski definition) is 4. The van der Waals surface area contributed by atoms with E-state index in [1.54, 1.807) is 13.8 Å². The fourth-order valence-electron chi connectivity index (χ4n) is 12.6. The summed E-state index contributed by atoms with van der Waals surface area (Å²) in [4.78, 5) is 18.0. The van der Waals surface area contributed by atoms with Crippen molar-refractivity contribution in [1.82, 2.24) is 4.98 Å². The molecule has 5 fully saturated rings. The van der Waals surface area contributed by atoms with Crippen molar-refractivity contribution in [2.45, 2.75) is 152 Å². The molecular formula is C37H49NO7. The van der Waals surface area contributed by atoms with Gasteiger partial charge in [-0.1, -0.05) is 13.8 Å². The zero-order chi connectivity index (χ0) is 32.1. The SMILES string of the molecule is CC(C)(O)C1OC2CC[C@]3(C)[C@@]4(C)c5[nH]c6ccc7c(c6c5C[C@@H]4CC[C@@]3(O)C23OC3[C@@H]1O)C[C@H]1[C@@H](C7=O)C(C)(C)OC1(C)C. The summed E-state index contributed by atoms with van der Waals surface area (Å²) < 4.78 is 19.4. The molecule has 0 amide bonds. The van der Waals surface area contributed by atoms with Crippen LogP contribution in [0.1, 0.15) is 108 Å². The molecule has 1 aromatic heterocycles. The standard InChI is InChI=1S/C37H49NO7/c1-31(2,41)29-27(40)30-37(44-30)23(43-29)12-13-34(7)35(8)17(11-14-36(34,37)42)15-20-24-19-16-21-25(33(5,6)45-32(21,3)4)26(39)18(19)9-10-22(24)38-28(20)35/h9-10,17,21,23,25,27,29-30,38,40-42H,11-16H2,1-8H3/t17-,21-,23?,25-,27+,29?,30?,34+,35+,36-,37?/m0/s1. The number of aliphatic hydroxyl groups is 3. The third kappa shape index (κ3) is 3.06. The Kier molecular flexibility index (Phi) is 5.26. The van der Waals surface area contributed by atoms with Gasteiger partial charge in [0.1, 0.15) is 23.9 Å². The van der Waals surface area contributed by atoms with Crippen LogP contribution in [0.5, 0.6) is 0 Å². The first-order chi connectivity index (χ1) is 20.8. The maximum Gasteiger partial charge on any atom is 0.169 e. The minimum absolute atomic E-state index is 0.106.